The molecule has 0 aliphatic rings. The third-order valence-electron chi connectivity index (χ3n) is 0. The first kappa shape index (κ1) is 36.4. The third kappa shape index (κ3) is 8.95. The van der Waals surface area contributed by atoms with Crippen LogP contribution >= 0.6 is 0 Å². The van der Waals surface area contributed by atoms with Crippen molar-refractivity contribution in [3.05, 3.63) is 0 Å². The van der Waals surface area contributed by atoms with Gasteiger partial charge in [0.05, 0.1) is 0 Å². The van der Waals surface area contributed by atoms with Gasteiger partial charge >= 0.3 is 0 Å². The molecule has 0 spiro atoms. The Morgan fingerprint density at radius 1 is 0.750 bits per heavy atom. The maximum Gasteiger partial charge on any atom is 0 e. The molecule has 0 saturated heterocycles. The first-order valence-corrected chi connectivity index (χ1v) is 0. The Balaban J connectivity index is 0. The van der Waals surface area contributed by atoms with Gasteiger partial charge in [-0.1, -0.05) is 0 Å². The third-order valence-corrected chi connectivity index (χ3v) is 0. The average molecular weight is 172 g/mol. The van der Waals surface area contributed by atoms with E-state index in [1.54, 1.807) is 0 Å². The molecule has 0 aromatic heterocycles. The molecule has 0 amide bonds. The quantitative estimate of drug-likeness (QED) is 0.405. The van der Waals surface area contributed by atoms with E-state index in [1.807, 2.05) is 0 Å². The van der Waals surface area contributed by atoms with Crippen LogP contribution in [-0.4, -0.2) is 39.3 Å². The van der Waals surface area contributed by atoms with Gasteiger partial charge in [0.1, 0.15) is 0 Å². The Hall–Kier alpha value is 2.07. The summed E-state index contributed by atoms with van der Waals surface area (Å²) in [6.07, 6.45) is 0. The Morgan fingerprint density at radius 3 is 0.750 bits per heavy atom. The molecule has 4 heavy (non-hydrogen) atoms. The van der Waals surface area contributed by atoms with Crippen molar-refractivity contribution in [1.82, 2.24) is 0 Å². The molecule has 0 N–H and O–H groups in total. The summed E-state index contributed by atoms with van der Waals surface area (Å²) in [6, 6.07) is 0. The van der Waals surface area contributed by atoms with Crippen LogP contribution in [0.25, 0.3) is 0 Å². The molecule has 0 fully saturated rings. The van der Waals surface area contributed by atoms with Crippen LogP contribution in [-0.2, 0) is 32.7 Å². The fraction of sp³-hybridized carbons (Fsp3) is 0. The largest absolute Gasteiger partial charge is 0 e. The summed E-state index contributed by atoms with van der Waals surface area (Å²) in [5.41, 5.74) is 0. The molecule has 0 bridgehead atoms. The van der Waals surface area contributed by atoms with E-state index in [1.165, 1.54) is 0 Å². The SMILES string of the molecule is [Al].[Si].[Si].[Y]. The number of hydrogen-bond acceptors (Lipinski definition) is 0. The minimum absolute atomic E-state index is 0. The van der Waals surface area contributed by atoms with Crippen LogP contribution in [0.15, 0.2) is 0 Å². The first-order valence-electron chi connectivity index (χ1n) is 0. The second-order valence-electron chi connectivity index (χ2n) is 0. The van der Waals surface area contributed by atoms with E-state index < -0.39 is 0 Å². The zero-order valence-electron chi connectivity index (χ0n) is 2.15. The van der Waals surface area contributed by atoms with Crippen LogP contribution in [0, 0.1) is 0 Å². The average Bonchev–Trinajstić information content (AvgIpc) is 0. The molecule has 0 aliphatic carbocycles. The molecule has 0 atom stereocenters. The van der Waals surface area contributed by atoms with Crippen LogP contribution in [0.3, 0.4) is 0 Å². The maximum atomic E-state index is 0. The maximum absolute atomic E-state index is 0. The van der Waals surface area contributed by atoms with E-state index in [9.17, 15) is 0 Å². The van der Waals surface area contributed by atoms with E-state index in [0.717, 1.165) is 0 Å². The second-order valence-corrected chi connectivity index (χ2v) is 0. The summed E-state index contributed by atoms with van der Waals surface area (Å²) >= 11 is 0. The fourth-order valence-electron chi connectivity index (χ4n) is 0. The van der Waals surface area contributed by atoms with E-state index in [4.69, 9.17) is 0 Å². The summed E-state index contributed by atoms with van der Waals surface area (Å²) in [7, 11) is 0. The molecule has 0 aromatic rings. The molecule has 0 aliphatic heterocycles. The Labute approximate surface area is 71.2 Å². The summed E-state index contributed by atoms with van der Waals surface area (Å²) in [5, 5.41) is 0. The molecule has 0 heterocycles. The monoisotopic (exact) mass is 172 g/mol. The van der Waals surface area contributed by atoms with Crippen molar-refractivity contribution in [2.24, 2.45) is 0 Å². The predicted molar refractivity (Wildman–Crippen MR) is 17.3 cm³/mol. The van der Waals surface area contributed by atoms with Crippen molar-refractivity contribution in [1.29, 1.82) is 0 Å². The van der Waals surface area contributed by atoms with Gasteiger partial charge in [-0.3, -0.25) is 0 Å². The molecule has 12 radical (unpaired) electrons. The van der Waals surface area contributed by atoms with E-state index >= 15 is 0 Å². The van der Waals surface area contributed by atoms with Gasteiger partial charge in [-0.15, -0.1) is 0 Å². The number of hydrogen-bond donors (Lipinski definition) is 0. The summed E-state index contributed by atoms with van der Waals surface area (Å²) in [6.45, 7) is 0. The van der Waals surface area contributed by atoms with Crippen LogP contribution in [0.4, 0.5) is 0 Å². The van der Waals surface area contributed by atoms with Gasteiger partial charge in [0.25, 0.3) is 0 Å². The molecular weight excluding hydrogens is 172 g/mol. The summed E-state index contributed by atoms with van der Waals surface area (Å²) in [4.78, 5) is 0. The van der Waals surface area contributed by atoms with E-state index in [2.05, 4.69) is 0 Å². The first-order chi connectivity index (χ1) is 0. The van der Waals surface area contributed by atoms with Crippen LogP contribution in [0.2, 0.25) is 0 Å². The molecule has 0 unspecified atom stereocenters. The van der Waals surface area contributed by atoms with Crippen molar-refractivity contribution >= 4 is 39.3 Å². The van der Waals surface area contributed by atoms with Gasteiger partial charge in [0.15, 0.2) is 0 Å². The van der Waals surface area contributed by atoms with Gasteiger partial charge < -0.3 is 0 Å². The van der Waals surface area contributed by atoms with Crippen molar-refractivity contribution in [2.75, 3.05) is 0 Å². The summed E-state index contributed by atoms with van der Waals surface area (Å²) < 4.78 is 0. The van der Waals surface area contributed by atoms with Crippen molar-refractivity contribution in [2.45, 2.75) is 0 Å². The Bertz CT molecular complexity index is 6.00. The fourth-order valence-corrected chi connectivity index (χ4v) is 0. The standard InChI is InChI=1S/Al.2Si.Y. The smallest absolute Gasteiger partial charge is 0 e. The van der Waals surface area contributed by atoms with Crippen LogP contribution < -0.4 is 0 Å². The molecule has 0 aromatic carbocycles. The zero-order valence-corrected chi connectivity index (χ0v) is 8.15. The molecule has 0 rings (SSSR count). The normalized spacial score (nSPS) is 0. The number of rotatable bonds is 0. The van der Waals surface area contributed by atoms with Crippen molar-refractivity contribution in [3.8, 4) is 0 Å². The molecular formula is AlSi2Y. The zero-order chi connectivity index (χ0) is 0. The summed E-state index contributed by atoms with van der Waals surface area (Å²) in [5.74, 6) is 0. The Kier molecular flexibility index (Phi) is 178. The van der Waals surface area contributed by atoms with Gasteiger partial charge in [-0.2, -0.15) is 0 Å². The Morgan fingerprint density at radius 2 is 0.750 bits per heavy atom. The van der Waals surface area contributed by atoms with E-state index in [0.29, 0.717) is 0 Å². The van der Waals surface area contributed by atoms with Gasteiger partial charge in [-0.25, -0.2) is 0 Å². The molecule has 14 valence electrons. The van der Waals surface area contributed by atoms with Gasteiger partial charge in [-0.05, 0) is 0 Å². The van der Waals surface area contributed by atoms with Crippen LogP contribution in [0.5, 0.6) is 0 Å². The minimum Gasteiger partial charge on any atom is 0 e. The van der Waals surface area contributed by atoms with Crippen molar-refractivity contribution < 1.29 is 32.7 Å². The molecule has 0 nitrogen and oxygen atoms in total. The van der Waals surface area contributed by atoms with Crippen molar-refractivity contribution in [3.63, 3.8) is 0 Å². The van der Waals surface area contributed by atoms with Gasteiger partial charge in [0.2, 0.25) is 0 Å². The topological polar surface area (TPSA) is 0 Å². The van der Waals surface area contributed by atoms with E-state index in [-0.39, 0.29) is 72.0 Å². The van der Waals surface area contributed by atoms with Gasteiger partial charge in [0, 0.05) is 72.0 Å². The second kappa shape index (κ2) is 19.6. The minimum atomic E-state index is 0. The molecule has 0 saturated carbocycles. The molecule has 4 heteroatoms. The predicted octanol–water partition coefficient (Wildman–Crippen LogP) is -1.14. The van der Waals surface area contributed by atoms with Crippen LogP contribution in [0.1, 0.15) is 0 Å².